The molecule has 3 N–H and O–H groups in total. The van der Waals surface area contributed by atoms with Crippen LogP contribution < -0.4 is 10.6 Å². The van der Waals surface area contributed by atoms with E-state index in [9.17, 15) is 18.7 Å². The number of nitrogens with zero attached hydrogens (tertiary/aromatic N) is 1. The van der Waals surface area contributed by atoms with Crippen LogP contribution >= 0.6 is 24.8 Å². The molecular formula is C33H45Cl2F2N3O2. The monoisotopic (exact) mass is 623 g/mol. The number of hydrogen-bond acceptors (Lipinski definition) is 4. The molecule has 0 saturated heterocycles. The van der Waals surface area contributed by atoms with Gasteiger partial charge < -0.3 is 20.6 Å². The lowest BCUT2D eigenvalue weighted by Gasteiger charge is -2.25. The van der Waals surface area contributed by atoms with Crippen LogP contribution in [0.4, 0.5) is 8.78 Å². The van der Waals surface area contributed by atoms with Gasteiger partial charge in [-0.3, -0.25) is 4.79 Å². The standard InChI is InChI=1S/C33H43F2N3O2.2ClH/c1-5-7-11-38(4)22-27-12-23(3)13-28(15-27)33(40)37-31(18-26-16-29(34)19-30(35)17-26)32(39)21-36-20-25-10-8-9-24(6-2)14-25;;/h8-10,12-17,19,31-32,36,39H,5-7,11,18,20-22H2,1-4H3,(H,37,40);2*1H/t31-,32+;;/m0../s1. The van der Waals surface area contributed by atoms with Gasteiger partial charge in [0.05, 0.1) is 12.1 Å². The third kappa shape index (κ3) is 12.4. The van der Waals surface area contributed by atoms with E-state index in [1.165, 1.54) is 17.7 Å². The SMILES string of the molecule is CCCCN(C)Cc1cc(C)cc(C(=O)N[C@@H](Cc2cc(F)cc(F)c2)[C@H](O)CNCc2cccc(CC)c2)c1.Cl.Cl. The second-order valence-electron chi connectivity index (χ2n) is 10.7. The van der Waals surface area contributed by atoms with Gasteiger partial charge in [0.2, 0.25) is 0 Å². The largest absolute Gasteiger partial charge is 0.390 e. The number of rotatable bonds is 15. The van der Waals surface area contributed by atoms with Gasteiger partial charge in [0.25, 0.3) is 5.91 Å². The highest BCUT2D eigenvalue weighted by Crippen LogP contribution is 2.16. The molecule has 0 bridgehead atoms. The number of benzene rings is 3. The van der Waals surface area contributed by atoms with Crippen molar-refractivity contribution >= 4 is 30.7 Å². The molecule has 0 heterocycles. The van der Waals surface area contributed by atoms with Crippen molar-refractivity contribution in [2.45, 2.75) is 71.7 Å². The lowest BCUT2D eigenvalue weighted by Crippen LogP contribution is -2.48. The van der Waals surface area contributed by atoms with Crippen LogP contribution in [0.5, 0.6) is 0 Å². The Bertz CT molecular complexity index is 1240. The number of carbonyl (C=O) groups is 1. The fourth-order valence-corrected chi connectivity index (χ4v) is 4.89. The van der Waals surface area contributed by atoms with Crippen molar-refractivity contribution in [2.75, 3.05) is 20.1 Å². The van der Waals surface area contributed by atoms with Gasteiger partial charge in [0.15, 0.2) is 0 Å². The first-order valence-corrected chi connectivity index (χ1v) is 14.2. The Balaban J connectivity index is 0.00000441. The lowest BCUT2D eigenvalue weighted by molar-refractivity contribution is 0.0829. The highest BCUT2D eigenvalue weighted by Gasteiger charge is 2.23. The van der Waals surface area contributed by atoms with Gasteiger partial charge in [-0.15, -0.1) is 24.8 Å². The molecule has 3 aromatic rings. The summed E-state index contributed by atoms with van der Waals surface area (Å²) >= 11 is 0. The molecule has 3 rings (SSSR count). The Kier molecular flexibility index (Phi) is 16.8. The van der Waals surface area contributed by atoms with E-state index in [0.29, 0.717) is 17.7 Å². The molecule has 0 fully saturated rings. The van der Waals surface area contributed by atoms with E-state index in [2.05, 4.69) is 54.6 Å². The van der Waals surface area contributed by atoms with E-state index >= 15 is 0 Å². The highest BCUT2D eigenvalue weighted by molar-refractivity contribution is 5.94. The topological polar surface area (TPSA) is 64.6 Å². The van der Waals surface area contributed by atoms with Crippen LogP contribution in [0.3, 0.4) is 0 Å². The van der Waals surface area contributed by atoms with Gasteiger partial charge in [-0.2, -0.15) is 0 Å². The summed E-state index contributed by atoms with van der Waals surface area (Å²) in [5.41, 5.74) is 5.17. The average Bonchev–Trinajstić information content (AvgIpc) is 2.90. The van der Waals surface area contributed by atoms with Crippen molar-refractivity contribution in [3.05, 3.63) is 106 Å². The van der Waals surface area contributed by atoms with Gasteiger partial charge in [0.1, 0.15) is 11.6 Å². The summed E-state index contributed by atoms with van der Waals surface area (Å²) in [6.07, 6.45) is 2.24. The number of aryl methyl sites for hydroxylation is 2. The fraction of sp³-hybridized carbons (Fsp3) is 0.424. The minimum absolute atomic E-state index is 0. The summed E-state index contributed by atoms with van der Waals surface area (Å²) in [4.78, 5) is 15.6. The minimum Gasteiger partial charge on any atom is -0.390 e. The van der Waals surface area contributed by atoms with E-state index < -0.39 is 23.8 Å². The Hall–Kier alpha value is -2.55. The first-order valence-electron chi connectivity index (χ1n) is 14.2. The molecule has 2 atom stereocenters. The van der Waals surface area contributed by atoms with Crippen LogP contribution in [0.15, 0.2) is 60.7 Å². The van der Waals surface area contributed by atoms with E-state index in [0.717, 1.165) is 55.1 Å². The van der Waals surface area contributed by atoms with Crippen molar-refractivity contribution in [1.29, 1.82) is 0 Å². The van der Waals surface area contributed by atoms with Gasteiger partial charge >= 0.3 is 0 Å². The van der Waals surface area contributed by atoms with Gasteiger partial charge in [-0.05, 0) is 86.3 Å². The number of aliphatic hydroxyl groups excluding tert-OH is 1. The number of carbonyl (C=O) groups excluding carboxylic acids is 1. The van der Waals surface area contributed by atoms with E-state index in [-0.39, 0.29) is 43.7 Å². The first-order chi connectivity index (χ1) is 19.2. The van der Waals surface area contributed by atoms with Gasteiger partial charge in [-0.25, -0.2) is 8.78 Å². The maximum atomic E-state index is 13.9. The first kappa shape index (κ1) is 37.5. The Morgan fingerprint density at radius 2 is 1.62 bits per heavy atom. The highest BCUT2D eigenvalue weighted by atomic mass is 35.5. The number of hydrogen-bond donors (Lipinski definition) is 3. The van der Waals surface area contributed by atoms with Crippen molar-refractivity contribution in [3.8, 4) is 0 Å². The zero-order valence-corrected chi connectivity index (χ0v) is 26.6. The van der Waals surface area contributed by atoms with Crippen molar-refractivity contribution in [2.24, 2.45) is 0 Å². The molecule has 1 amide bonds. The number of unbranched alkanes of at least 4 members (excludes halogenated alkanes) is 1. The number of nitrogens with one attached hydrogen (secondary N) is 2. The van der Waals surface area contributed by atoms with Crippen LogP contribution in [0.1, 0.15) is 64.9 Å². The molecule has 0 unspecified atom stereocenters. The molecule has 0 radical (unpaired) electrons. The molecular weight excluding hydrogens is 579 g/mol. The maximum absolute atomic E-state index is 13.9. The third-order valence-corrected chi connectivity index (χ3v) is 6.99. The van der Waals surface area contributed by atoms with E-state index in [1.54, 1.807) is 0 Å². The molecule has 0 aliphatic heterocycles. The minimum atomic E-state index is -0.992. The Labute approximate surface area is 261 Å². The molecule has 5 nitrogen and oxygen atoms in total. The summed E-state index contributed by atoms with van der Waals surface area (Å²) < 4.78 is 27.8. The number of aliphatic hydroxyl groups is 1. The van der Waals surface area contributed by atoms with Gasteiger partial charge in [-0.1, -0.05) is 56.2 Å². The summed E-state index contributed by atoms with van der Waals surface area (Å²) in [5.74, 6) is -1.73. The van der Waals surface area contributed by atoms with Crippen LogP contribution in [-0.2, 0) is 25.9 Å². The maximum Gasteiger partial charge on any atom is 0.251 e. The van der Waals surface area contributed by atoms with Crippen molar-refractivity contribution in [3.63, 3.8) is 0 Å². The molecule has 0 spiro atoms. The van der Waals surface area contributed by atoms with Crippen molar-refractivity contribution < 1.29 is 18.7 Å². The smallest absolute Gasteiger partial charge is 0.251 e. The third-order valence-electron chi connectivity index (χ3n) is 6.99. The molecule has 232 valence electrons. The summed E-state index contributed by atoms with van der Waals surface area (Å²) in [5, 5.41) is 17.3. The molecule has 0 aliphatic rings. The Morgan fingerprint density at radius 3 is 2.29 bits per heavy atom. The number of amides is 1. The van der Waals surface area contributed by atoms with E-state index in [1.807, 2.05) is 31.2 Å². The predicted molar refractivity (Wildman–Crippen MR) is 172 cm³/mol. The molecule has 0 saturated carbocycles. The second-order valence-corrected chi connectivity index (χ2v) is 10.7. The molecule has 9 heteroatoms. The number of halogens is 4. The average molecular weight is 625 g/mol. The van der Waals surface area contributed by atoms with Crippen LogP contribution in [-0.4, -0.2) is 48.2 Å². The van der Waals surface area contributed by atoms with Crippen LogP contribution in [0.25, 0.3) is 0 Å². The molecule has 3 aromatic carbocycles. The van der Waals surface area contributed by atoms with Gasteiger partial charge in [0, 0.05) is 31.3 Å². The summed E-state index contributed by atoms with van der Waals surface area (Å²) in [6.45, 7) is 8.64. The second kappa shape index (κ2) is 18.9. The summed E-state index contributed by atoms with van der Waals surface area (Å²) in [6, 6.07) is 16.5. The zero-order chi connectivity index (χ0) is 29.1. The van der Waals surface area contributed by atoms with Crippen molar-refractivity contribution in [1.82, 2.24) is 15.5 Å². The van der Waals surface area contributed by atoms with Crippen LogP contribution in [0.2, 0.25) is 0 Å². The normalized spacial score (nSPS) is 12.3. The van der Waals surface area contributed by atoms with Crippen LogP contribution in [0, 0.1) is 18.6 Å². The molecule has 0 aliphatic carbocycles. The van der Waals surface area contributed by atoms with E-state index in [4.69, 9.17) is 0 Å². The quantitative estimate of drug-likeness (QED) is 0.183. The summed E-state index contributed by atoms with van der Waals surface area (Å²) in [7, 11) is 2.06. The molecule has 42 heavy (non-hydrogen) atoms. The lowest BCUT2D eigenvalue weighted by atomic mass is 9.99. The fourth-order valence-electron chi connectivity index (χ4n) is 4.89. The Morgan fingerprint density at radius 1 is 0.929 bits per heavy atom. The zero-order valence-electron chi connectivity index (χ0n) is 25.0. The molecule has 0 aromatic heterocycles. The predicted octanol–water partition coefficient (Wildman–Crippen LogP) is 6.40.